The minimum absolute atomic E-state index is 0.0507. The number of fused-ring (bicyclic) bond motifs is 1. The van der Waals surface area contributed by atoms with Crippen molar-refractivity contribution >= 4 is 29.4 Å². The van der Waals surface area contributed by atoms with E-state index >= 15 is 0 Å². The van der Waals surface area contributed by atoms with Crippen molar-refractivity contribution < 1.29 is 50.1 Å². The number of hydrogen-bond donors (Lipinski definition) is 2. The maximum absolute atomic E-state index is 13.8. The third kappa shape index (κ3) is 8.98. The molecule has 0 saturated heterocycles. The van der Waals surface area contributed by atoms with Crippen LogP contribution in [0.1, 0.15) is 55.1 Å². The first kappa shape index (κ1) is 37.0. The topological polar surface area (TPSA) is 131 Å². The molecule has 3 aromatic rings. The lowest BCUT2D eigenvalue weighted by Crippen LogP contribution is -2.48. The highest BCUT2D eigenvalue weighted by Crippen LogP contribution is 2.44. The number of aromatic nitrogens is 3. The van der Waals surface area contributed by atoms with Gasteiger partial charge >= 0.3 is 24.5 Å². The molecule has 266 valence electrons. The van der Waals surface area contributed by atoms with Crippen LogP contribution in [0.2, 0.25) is 0 Å². The van der Waals surface area contributed by atoms with Crippen molar-refractivity contribution in [3.05, 3.63) is 65.1 Å². The van der Waals surface area contributed by atoms with Gasteiger partial charge in [-0.05, 0) is 49.6 Å². The van der Waals surface area contributed by atoms with Crippen molar-refractivity contribution in [1.29, 1.82) is 0 Å². The highest BCUT2D eigenvalue weighted by molar-refractivity contribution is 5.90. The van der Waals surface area contributed by atoms with Crippen LogP contribution in [0.3, 0.4) is 0 Å². The van der Waals surface area contributed by atoms with Crippen LogP contribution in [-0.4, -0.2) is 67.1 Å². The van der Waals surface area contributed by atoms with Crippen LogP contribution >= 0.6 is 0 Å². The van der Waals surface area contributed by atoms with Crippen LogP contribution in [-0.2, 0) is 28.4 Å². The largest absolute Gasteiger partial charge is 0.481 e. The molecule has 1 aliphatic heterocycles. The SMILES string of the molecule is CCOC(=O)N1c2ccc(OC)nc2C(N(Cc2cc(C(F)(F)F)cc(C(F)(F)F)c2)c2ncc(NC(=O)NCCOC)cn2)C[C@H]1CC. The number of urea groups is 1. The highest BCUT2D eigenvalue weighted by Gasteiger charge is 2.42. The minimum Gasteiger partial charge on any atom is -0.481 e. The van der Waals surface area contributed by atoms with E-state index in [9.17, 15) is 35.9 Å². The van der Waals surface area contributed by atoms with Crippen LogP contribution < -0.4 is 25.2 Å². The molecule has 0 fully saturated rings. The summed E-state index contributed by atoms with van der Waals surface area (Å²) in [5.74, 6) is 0.0390. The maximum atomic E-state index is 13.8. The number of anilines is 3. The summed E-state index contributed by atoms with van der Waals surface area (Å²) in [5.41, 5.74) is -2.62. The van der Waals surface area contributed by atoms with Crippen LogP contribution in [0.25, 0.3) is 0 Å². The Bertz CT molecular complexity index is 1570. The number of carbonyl (C=O) groups is 2. The Kier molecular flexibility index (Phi) is 11.7. The molecule has 0 saturated carbocycles. The molecule has 1 unspecified atom stereocenters. The van der Waals surface area contributed by atoms with E-state index in [0.717, 1.165) is 0 Å². The summed E-state index contributed by atoms with van der Waals surface area (Å²) in [5, 5.41) is 5.09. The number of pyridine rings is 1. The van der Waals surface area contributed by atoms with Crippen LogP contribution in [0.15, 0.2) is 42.7 Å². The fraction of sp³-hybridized carbons (Fsp3) is 0.452. The summed E-state index contributed by atoms with van der Waals surface area (Å²) < 4.78 is 98.5. The van der Waals surface area contributed by atoms with Gasteiger partial charge in [-0.2, -0.15) is 26.3 Å². The quantitative estimate of drug-likeness (QED) is 0.168. The van der Waals surface area contributed by atoms with Gasteiger partial charge in [0.05, 0.1) is 67.0 Å². The van der Waals surface area contributed by atoms with Gasteiger partial charge in [0.15, 0.2) is 0 Å². The summed E-state index contributed by atoms with van der Waals surface area (Å²) in [7, 11) is 2.83. The summed E-state index contributed by atoms with van der Waals surface area (Å²) in [6, 6.07) is 2.40. The molecule has 1 aromatic carbocycles. The van der Waals surface area contributed by atoms with Crippen molar-refractivity contribution in [2.45, 2.75) is 57.7 Å². The average molecular weight is 700 g/mol. The lowest BCUT2D eigenvalue weighted by Gasteiger charge is -2.43. The number of alkyl halides is 6. The molecule has 2 N–H and O–H groups in total. The molecule has 3 heterocycles. The van der Waals surface area contributed by atoms with Crippen molar-refractivity contribution in [3.8, 4) is 5.88 Å². The molecule has 3 amide bonds. The molecule has 0 aliphatic carbocycles. The Morgan fingerprint density at radius 1 is 1.00 bits per heavy atom. The molecule has 4 rings (SSSR count). The zero-order valence-electron chi connectivity index (χ0n) is 27.0. The maximum Gasteiger partial charge on any atom is 0.416 e. The van der Waals surface area contributed by atoms with Gasteiger partial charge in [0, 0.05) is 32.3 Å². The summed E-state index contributed by atoms with van der Waals surface area (Å²) in [4.78, 5) is 41.4. The fourth-order valence-corrected chi connectivity index (χ4v) is 5.35. The van der Waals surface area contributed by atoms with E-state index in [1.54, 1.807) is 13.0 Å². The van der Waals surface area contributed by atoms with Crippen molar-refractivity contribution in [3.63, 3.8) is 0 Å². The summed E-state index contributed by atoms with van der Waals surface area (Å²) in [6.45, 7) is 3.48. The molecule has 1 aliphatic rings. The lowest BCUT2D eigenvalue weighted by molar-refractivity contribution is -0.143. The molecular weight excluding hydrogens is 664 g/mol. The zero-order chi connectivity index (χ0) is 35.9. The van der Waals surface area contributed by atoms with Gasteiger partial charge in [-0.25, -0.2) is 24.5 Å². The van der Waals surface area contributed by atoms with Crippen LogP contribution in [0.4, 0.5) is 53.3 Å². The molecule has 0 bridgehead atoms. The summed E-state index contributed by atoms with van der Waals surface area (Å²) >= 11 is 0. The van der Waals surface area contributed by atoms with Gasteiger partial charge in [0.25, 0.3) is 0 Å². The Morgan fingerprint density at radius 2 is 1.65 bits per heavy atom. The Labute approximate surface area is 277 Å². The predicted molar refractivity (Wildman–Crippen MR) is 165 cm³/mol. The third-order valence-corrected chi connectivity index (χ3v) is 7.58. The van der Waals surface area contributed by atoms with Crippen LogP contribution in [0.5, 0.6) is 5.88 Å². The standard InChI is InChI=1S/C31H35F6N7O5/c1-5-22-14-24(26-23(7-8-25(42-26)48-4)44(22)29(46)49-6-2)43(27-39-15-21(16-40-27)41-28(45)38-9-10-47-3)17-18-11-19(30(32,33)34)13-20(12-18)31(35,36)37/h7-8,11-13,15-16,22,24H,5-6,9-10,14,17H2,1-4H3,(H2,38,41,45)/t22-,24?/m1/s1. The first-order valence-corrected chi connectivity index (χ1v) is 15.1. The number of carbonyl (C=O) groups excluding carboxylic acids is 2. The smallest absolute Gasteiger partial charge is 0.416 e. The van der Waals surface area contributed by atoms with Gasteiger partial charge in [0.2, 0.25) is 11.8 Å². The van der Waals surface area contributed by atoms with E-state index in [1.165, 1.54) is 42.5 Å². The second kappa shape index (κ2) is 15.6. The highest BCUT2D eigenvalue weighted by atomic mass is 19.4. The predicted octanol–water partition coefficient (Wildman–Crippen LogP) is 6.58. The lowest BCUT2D eigenvalue weighted by atomic mass is 9.92. The van der Waals surface area contributed by atoms with Gasteiger partial charge in [-0.3, -0.25) is 4.90 Å². The van der Waals surface area contributed by atoms with Gasteiger partial charge < -0.3 is 29.7 Å². The number of ether oxygens (including phenoxy) is 3. The minimum atomic E-state index is -5.08. The third-order valence-electron chi connectivity index (χ3n) is 7.58. The van der Waals surface area contributed by atoms with Gasteiger partial charge in [-0.15, -0.1) is 0 Å². The van der Waals surface area contributed by atoms with E-state index in [-0.39, 0.29) is 61.0 Å². The fourth-order valence-electron chi connectivity index (χ4n) is 5.35. The van der Waals surface area contributed by atoms with Crippen molar-refractivity contribution in [1.82, 2.24) is 20.3 Å². The van der Waals surface area contributed by atoms with Crippen LogP contribution in [0, 0.1) is 0 Å². The monoisotopic (exact) mass is 699 g/mol. The molecule has 2 aromatic heterocycles. The van der Waals surface area contributed by atoms with E-state index in [2.05, 4.69) is 25.6 Å². The van der Waals surface area contributed by atoms with Gasteiger partial charge in [0.1, 0.15) is 0 Å². The normalized spacial score (nSPS) is 16.1. The molecule has 18 heteroatoms. The summed E-state index contributed by atoms with van der Waals surface area (Å²) in [6.07, 6.45) is -7.82. The van der Waals surface area contributed by atoms with E-state index in [0.29, 0.717) is 24.2 Å². The molecule has 2 atom stereocenters. The average Bonchev–Trinajstić information content (AvgIpc) is 3.06. The number of nitrogens with one attached hydrogen (secondary N) is 2. The van der Waals surface area contributed by atoms with Gasteiger partial charge in [-0.1, -0.05) is 6.92 Å². The Hall–Kier alpha value is -4.87. The second-order valence-corrected chi connectivity index (χ2v) is 10.8. The number of halogens is 6. The Balaban J connectivity index is 1.86. The van der Waals surface area contributed by atoms with Crippen molar-refractivity contribution in [2.24, 2.45) is 0 Å². The number of amides is 3. The molecule has 12 nitrogen and oxygen atoms in total. The number of benzene rings is 1. The number of rotatable bonds is 11. The molecule has 0 radical (unpaired) electrons. The Morgan fingerprint density at radius 3 is 2.20 bits per heavy atom. The number of nitrogens with zero attached hydrogens (tertiary/aromatic N) is 5. The second-order valence-electron chi connectivity index (χ2n) is 10.8. The zero-order valence-corrected chi connectivity index (χ0v) is 27.0. The molecule has 49 heavy (non-hydrogen) atoms. The first-order chi connectivity index (χ1) is 23.2. The van der Waals surface area contributed by atoms with E-state index in [4.69, 9.17) is 14.2 Å². The number of hydrogen-bond acceptors (Lipinski definition) is 9. The van der Waals surface area contributed by atoms with E-state index in [1.807, 2.05) is 6.92 Å². The first-order valence-electron chi connectivity index (χ1n) is 15.1. The molecular formula is C31H35F6N7O5. The van der Waals surface area contributed by atoms with E-state index < -0.39 is 54.2 Å². The number of methoxy groups -OCH3 is 2. The molecule has 0 spiro atoms. The van der Waals surface area contributed by atoms with Crippen molar-refractivity contribution in [2.75, 3.05) is 49.1 Å².